The van der Waals surface area contributed by atoms with E-state index in [4.69, 9.17) is 21.1 Å². The number of aliphatic hydroxyl groups excluding tert-OH is 1. The van der Waals surface area contributed by atoms with E-state index in [1.165, 1.54) is 4.90 Å². The molecule has 0 spiro atoms. The van der Waals surface area contributed by atoms with Gasteiger partial charge >= 0.3 is 11.9 Å². The number of hydrogen-bond acceptors (Lipinski definition) is 8. The van der Waals surface area contributed by atoms with Crippen molar-refractivity contribution >= 4 is 41.4 Å². The van der Waals surface area contributed by atoms with Crippen LogP contribution in [0.3, 0.4) is 0 Å². The molecule has 0 aromatic rings. The van der Waals surface area contributed by atoms with Gasteiger partial charge < -0.3 is 36.6 Å². The molecule has 0 aliphatic carbocycles. The van der Waals surface area contributed by atoms with Crippen LogP contribution < -0.4 is 16.4 Å². The lowest BCUT2D eigenvalue weighted by Crippen LogP contribution is -2.57. The molecule has 31 heavy (non-hydrogen) atoms. The van der Waals surface area contributed by atoms with Gasteiger partial charge in [0.25, 0.3) is 0 Å². The molecule has 1 aliphatic heterocycles. The highest BCUT2D eigenvalue weighted by Gasteiger charge is 2.37. The van der Waals surface area contributed by atoms with Crippen molar-refractivity contribution in [2.75, 3.05) is 25.2 Å². The van der Waals surface area contributed by atoms with Crippen LogP contribution in [0.4, 0.5) is 0 Å². The zero-order valence-electron chi connectivity index (χ0n) is 17.3. The zero-order valence-corrected chi connectivity index (χ0v) is 18.1. The van der Waals surface area contributed by atoms with Crippen LogP contribution in [-0.4, -0.2) is 99.2 Å². The summed E-state index contributed by atoms with van der Waals surface area (Å²) in [5, 5.41) is 31.4. The molecule has 12 nitrogen and oxygen atoms in total. The molecule has 176 valence electrons. The molecular weight excluding hydrogens is 432 g/mol. The van der Waals surface area contributed by atoms with Crippen LogP contribution in [0.25, 0.3) is 0 Å². The molecule has 3 amide bonds. The minimum atomic E-state index is -1.60. The molecule has 1 fully saturated rings. The molecule has 0 radical (unpaired) electrons. The van der Waals surface area contributed by atoms with E-state index in [2.05, 4.69) is 10.6 Å². The van der Waals surface area contributed by atoms with E-state index in [1.807, 2.05) is 6.26 Å². The van der Waals surface area contributed by atoms with Crippen molar-refractivity contribution in [3.63, 3.8) is 0 Å². The monoisotopic (exact) mass is 462 g/mol. The molecule has 0 bridgehead atoms. The third-order valence-corrected chi connectivity index (χ3v) is 5.51. The first-order valence-electron chi connectivity index (χ1n) is 9.83. The van der Waals surface area contributed by atoms with E-state index in [-0.39, 0.29) is 12.3 Å². The summed E-state index contributed by atoms with van der Waals surface area (Å²) >= 11 is 1.54. The normalized spacial score (nSPS) is 18.7. The Morgan fingerprint density at radius 1 is 1.13 bits per heavy atom. The number of rotatable bonds is 13. The fraction of sp³-hybridized carbons (Fsp3) is 0.722. The third-order valence-electron chi connectivity index (χ3n) is 4.87. The summed E-state index contributed by atoms with van der Waals surface area (Å²) in [4.78, 5) is 61.2. The Hall–Kier alpha value is -2.38. The third kappa shape index (κ3) is 8.34. The number of nitrogens with two attached hydrogens (primary N) is 1. The summed E-state index contributed by atoms with van der Waals surface area (Å²) in [5.74, 6) is -3.96. The van der Waals surface area contributed by atoms with Crippen LogP contribution in [0.5, 0.6) is 0 Å². The Kier molecular flexibility index (Phi) is 11.3. The lowest BCUT2D eigenvalue weighted by atomic mass is 10.1. The van der Waals surface area contributed by atoms with Crippen LogP contribution in [0.15, 0.2) is 0 Å². The lowest BCUT2D eigenvalue weighted by molar-refractivity contribution is -0.144. The number of thioether (sulfide) groups is 1. The summed E-state index contributed by atoms with van der Waals surface area (Å²) in [6.07, 6.45) is 2.51. The van der Waals surface area contributed by atoms with Crippen molar-refractivity contribution in [3.8, 4) is 0 Å². The SMILES string of the molecule is CSCCC(N)C(=O)N1CCCC1C(=O)NC(CCC(=O)O)C(=O)NC(CO)C(=O)O. The molecule has 13 heteroatoms. The van der Waals surface area contributed by atoms with Crippen molar-refractivity contribution in [3.05, 3.63) is 0 Å². The molecule has 4 atom stereocenters. The number of carboxylic acid groups (broad SMARTS) is 2. The highest BCUT2D eigenvalue weighted by molar-refractivity contribution is 7.98. The Morgan fingerprint density at radius 3 is 2.35 bits per heavy atom. The second-order valence-corrected chi connectivity index (χ2v) is 8.14. The Bertz CT molecular complexity index is 677. The quantitative estimate of drug-likeness (QED) is 0.177. The van der Waals surface area contributed by atoms with Gasteiger partial charge in [-0.3, -0.25) is 19.2 Å². The van der Waals surface area contributed by atoms with E-state index in [0.29, 0.717) is 31.6 Å². The second kappa shape index (κ2) is 13.1. The van der Waals surface area contributed by atoms with Crippen LogP contribution in [0, 0.1) is 0 Å². The molecule has 0 aromatic heterocycles. The Morgan fingerprint density at radius 2 is 1.81 bits per heavy atom. The highest BCUT2D eigenvalue weighted by atomic mass is 32.2. The number of likely N-dealkylation sites (tertiary alicyclic amines) is 1. The van der Waals surface area contributed by atoms with Gasteiger partial charge in [0, 0.05) is 13.0 Å². The highest BCUT2D eigenvalue weighted by Crippen LogP contribution is 2.19. The Labute approximate surface area is 183 Å². The van der Waals surface area contributed by atoms with Gasteiger partial charge in [0.2, 0.25) is 17.7 Å². The van der Waals surface area contributed by atoms with Gasteiger partial charge in [0.15, 0.2) is 0 Å². The molecule has 1 saturated heterocycles. The van der Waals surface area contributed by atoms with Gasteiger partial charge in [-0.05, 0) is 37.7 Å². The van der Waals surface area contributed by atoms with Crippen LogP contribution >= 0.6 is 11.8 Å². The molecular formula is C18H30N4O8S. The van der Waals surface area contributed by atoms with Crippen molar-refractivity contribution < 1.29 is 39.3 Å². The van der Waals surface area contributed by atoms with Crippen molar-refractivity contribution in [2.24, 2.45) is 5.73 Å². The van der Waals surface area contributed by atoms with E-state index < -0.39 is 60.9 Å². The maximum atomic E-state index is 12.8. The average molecular weight is 463 g/mol. The summed E-state index contributed by atoms with van der Waals surface area (Å²) < 4.78 is 0. The van der Waals surface area contributed by atoms with Gasteiger partial charge in [0.1, 0.15) is 18.1 Å². The standard InChI is InChI=1S/C18H30N4O8S/c1-31-8-6-10(19)17(28)22-7-2-3-13(22)16(27)20-11(4-5-14(24)25)15(26)21-12(9-23)18(29)30/h10-13,23H,2-9,19H2,1H3,(H,20,27)(H,21,26)(H,24,25)(H,29,30). The molecule has 1 aliphatic rings. The van der Waals surface area contributed by atoms with Crippen molar-refractivity contribution in [2.45, 2.75) is 56.3 Å². The van der Waals surface area contributed by atoms with E-state index in [9.17, 15) is 24.0 Å². The molecule has 0 saturated carbocycles. The number of carbonyl (C=O) groups is 5. The Balaban J connectivity index is 2.88. The van der Waals surface area contributed by atoms with Gasteiger partial charge in [-0.1, -0.05) is 0 Å². The second-order valence-electron chi connectivity index (χ2n) is 7.15. The van der Waals surface area contributed by atoms with Crippen LogP contribution in [0.2, 0.25) is 0 Å². The average Bonchev–Trinajstić information content (AvgIpc) is 3.21. The van der Waals surface area contributed by atoms with Gasteiger partial charge in [-0.25, -0.2) is 4.79 Å². The maximum absolute atomic E-state index is 12.8. The van der Waals surface area contributed by atoms with E-state index >= 15 is 0 Å². The predicted molar refractivity (Wildman–Crippen MR) is 111 cm³/mol. The first-order chi connectivity index (χ1) is 14.6. The molecule has 7 N–H and O–H groups in total. The largest absolute Gasteiger partial charge is 0.481 e. The van der Waals surface area contributed by atoms with Crippen molar-refractivity contribution in [1.29, 1.82) is 0 Å². The molecule has 0 aromatic carbocycles. The molecule has 1 rings (SSSR count). The van der Waals surface area contributed by atoms with E-state index in [1.54, 1.807) is 11.8 Å². The number of carboxylic acids is 2. The van der Waals surface area contributed by atoms with Gasteiger partial charge in [-0.15, -0.1) is 0 Å². The van der Waals surface area contributed by atoms with Gasteiger partial charge in [0.05, 0.1) is 12.6 Å². The van der Waals surface area contributed by atoms with Crippen LogP contribution in [-0.2, 0) is 24.0 Å². The lowest BCUT2D eigenvalue weighted by Gasteiger charge is -2.28. The predicted octanol–water partition coefficient (Wildman–Crippen LogP) is -2.03. The number of carbonyl (C=O) groups excluding carboxylic acids is 3. The summed E-state index contributed by atoms with van der Waals surface area (Å²) in [5.41, 5.74) is 5.93. The number of nitrogens with zero attached hydrogens (tertiary/aromatic N) is 1. The van der Waals surface area contributed by atoms with E-state index in [0.717, 1.165) is 0 Å². The number of hydrogen-bond donors (Lipinski definition) is 6. The minimum Gasteiger partial charge on any atom is -0.481 e. The smallest absolute Gasteiger partial charge is 0.328 e. The number of aliphatic carboxylic acids is 2. The topological polar surface area (TPSA) is 199 Å². The fourth-order valence-corrected chi connectivity index (χ4v) is 3.64. The van der Waals surface area contributed by atoms with Crippen molar-refractivity contribution in [1.82, 2.24) is 15.5 Å². The summed E-state index contributed by atoms with van der Waals surface area (Å²) in [6, 6.07) is -4.57. The zero-order chi connectivity index (χ0) is 23.6. The number of amides is 3. The first-order valence-corrected chi connectivity index (χ1v) is 11.2. The number of aliphatic hydroxyl groups is 1. The number of nitrogens with one attached hydrogen (secondary N) is 2. The maximum Gasteiger partial charge on any atom is 0.328 e. The minimum absolute atomic E-state index is 0.293. The first kappa shape index (κ1) is 26.7. The summed E-state index contributed by atoms with van der Waals surface area (Å²) in [7, 11) is 0. The molecule has 1 heterocycles. The molecule has 4 unspecified atom stereocenters. The summed E-state index contributed by atoms with van der Waals surface area (Å²) in [6.45, 7) is -0.541. The fourth-order valence-electron chi connectivity index (χ4n) is 3.15. The van der Waals surface area contributed by atoms with Crippen LogP contribution in [0.1, 0.15) is 32.1 Å². The van der Waals surface area contributed by atoms with Gasteiger partial charge in [-0.2, -0.15) is 11.8 Å².